The maximum atomic E-state index is 12.4. The van der Waals surface area contributed by atoms with Gasteiger partial charge < -0.3 is 15.0 Å². The van der Waals surface area contributed by atoms with E-state index in [0.717, 1.165) is 31.8 Å². The number of hydrogen-bond acceptors (Lipinski definition) is 3. The number of nitrogens with one attached hydrogen (secondary N) is 1. The van der Waals surface area contributed by atoms with Crippen LogP contribution in [0.5, 0.6) is 5.75 Å². The number of carbonyl (C=O) groups excluding carboxylic acids is 1. The first-order valence-electron chi connectivity index (χ1n) is 7.29. The van der Waals surface area contributed by atoms with Gasteiger partial charge in [0, 0.05) is 25.7 Å². The average Bonchev–Trinajstić information content (AvgIpc) is 2.38. The Morgan fingerprint density at radius 3 is 2.50 bits per heavy atom. The van der Waals surface area contributed by atoms with Gasteiger partial charge in [0.2, 0.25) is 5.91 Å². The fraction of sp³-hybridized carbons (Fsp3) is 0.562. The van der Waals surface area contributed by atoms with E-state index in [4.69, 9.17) is 4.74 Å². The van der Waals surface area contributed by atoms with E-state index < -0.39 is 0 Å². The van der Waals surface area contributed by atoms with Gasteiger partial charge in [-0.2, -0.15) is 0 Å². The molecule has 1 saturated heterocycles. The van der Waals surface area contributed by atoms with Gasteiger partial charge in [-0.1, -0.05) is 12.1 Å². The molecule has 4 nitrogen and oxygen atoms in total. The topological polar surface area (TPSA) is 41.6 Å². The van der Waals surface area contributed by atoms with Gasteiger partial charge in [0.05, 0.1) is 13.0 Å². The summed E-state index contributed by atoms with van der Waals surface area (Å²) in [4.78, 5) is 14.4. The summed E-state index contributed by atoms with van der Waals surface area (Å²) in [6.45, 7) is 6.59. The van der Waals surface area contributed by atoms with Crippen LogP contribution in [-0.4, -0.2) is 43.6 Å². The summed E-state index contributed by atoms with van der Waals surface area (Å²) >= 11 is 0. The number of nitrogens with zero attached hydrogens (tertiary/aromatic N) is 1. The van der Waals surface area contributed by atoms with Crippen molar-refractivity contribution in [1.82, 2.24) is 10.2 Å². The summed E-state index contributed by atoms with van der Waals surface area (Å²) in [5.41, 5.74) is 1.23. The lowest BCUT2D eigenvalue weighted by atomic mass is 9.99. The highest BCUT2D eigenvalue weighted by Crippen LogP contribution is 2.17. The number of hydrogen-bond donors (Lipinski definition) is 1. The lowest BCUT2D eigenvalue weighted by Crippen LogP contribution is -2.54. The van der Waals surface area contributed by atoms with E-state index in [2.05, 4.69) is 31.3 Å². The van der Waals surface area contributed by atoms with Crippen LogP contribution in [0.1, 0.15) is 19.4 Å². The van der Waals surface area contributed by atoms with E-state index >= 15 is 0 Å². The SMILES string of the molecule is CCN(C(=O)C1CNC1)C(C)Cc1ccc(OC)cc1. The van der Waals surface area contributed by atoms with Crippen molar-refractivity contribution in [3.8, 4) is 5.75 Å². The minimum absolute atomic E-state index is 0.174. The summed E-state index contributed by atoms with van der Waals surface area (Å²) in [5, 5.41) is 3.16. The molecule has 20 heavy (non-hydrogen) atoms. The predicted octanol–water partition coefficient (Wildman–Crippen LogP) is 1.69. The Balaban J connectivity index is 1.96. The molecule has 1 aliphatic rings. The summed E-state index contributed by atoms with van der Waals surface area (Å²) < 4.78 is 5.16. The van der Waals surface area contributed by atoms with Gasteiger partial charge in [0.25, 0.3) is 0 Å². The molecule has 4 heteroatoms. The van der Waals surface area contributed by atoms with Crippen molar-refractivity contribution in [3.63, 3.8) is 0 Å². The largest absolute Gasteiger partial charge is 0.497 e. The second-order valence-corrected chi connectivity index (χ2v) is 5.38. The molecule has 0 aromatic heterocycles. The number of methoxy groups -OCH3 is 1. The number of ether oxygens (including phenoxy) is 1. The van der Waals surface area contributed by atoms with Crippen LogP contribution in [0.25, 0.3) is 0 Å². The van der Waals surface area contributed by atoms with Crippen molar-refractivity contribution in [2.24, 2.45) is 5.92 Å². The molecule has 0 radical (unpaired) electrons. The zero-order valence-corrected chi connectivity index (χ0v) is 12.6. The zero-order chi connectivity index (χ0) is 14.5. The Hall–Kier alpha value is -1.55. The molecule has 0 aliphatic carbocycles. The molecule has 110 valence electrons. The quantitative estimate of drug-likeness (QED) is 0.860. The highest BCUT2D eigenvalue weighted by molar-refractivity contribution is 5.80. The van der Waals surface area contributed by atoms with Crippen LogP contribution in [0.3, 0.4) is 0 Å². The van der Waals surface area contributed by atoms with E-state index in [-0.39, 0.29) is 17.9 Å². The van der Waals surface area contributed by atoms with Crippen LogP contribution in [0.15, 0.2) is 24.3 Å². The smallest absolute Gasteiger partial charge is 0.228 e. The minimum Gasteiger partial charge on any atom is -0.497 e. The molecule has 0 bridgehead atoms. The third-order valence-corrected chi connectivity index (χ3v) is 3.98. The van der Waals surface area contributed by atoms with E-state index in [0.29, 0.717) is 0 Å². The first-order chi connectivity index (χ1) is 9.65. The highest BCUT2D eigenvalue weighted by atomic mass is 16.5. The Kier molecular flexibility index (Phi) is 5.01. The average molecular weight is 276 g/mol. The van der Waals surface area contributed by atoms with Crippen molar-refractivity contribution in [1.29, 1.82) is 0 Å². The number of likely N-dealkylation sites (N-methyl/N-ethyl adjacent to an activating group) is 1. The van der Waals surface area contributed by atoms with Crippen LogP contribution < -0.4 is 10.1 Å². The molecule has 1 fully saturated rings. The summed E-state index contributed by atoms with van der Waals surface area (Å²) in [6.07, 6.45) is 0.879. The van der Waals surface area contributed by atoms with Gasteiger partial charge in [-0.15, -0.1) is 0 Å². The number of benzene rings is 1. The molecular weight excluding hydrogens is 252 g/mol. The predicted molar refractivity (Wildman–Crippen MR) is 79.9 cm³/mol. The molecule has 0 saturated carbocycles. The Labute approximate surface area is 121 Å². The normalized spacial score (nSPS) is 16.4. The number of amides is 1. The van der Waals surface area contributed by atoms with Gasteiger partial charge >= 0.3 is 0 Å². The molecule has 1 atom stereocenters. The first kappa shape index (κ1) is 14.9. The molecule has 1 aromatic rings. The molecule has 1 amide bonds. The molecule has 1 N–H and O–H groups in total. The fourth-order valence-electron chi connectivity index (χ4n) is 2.60. The maximum absolute atomic E-state index is 12.4. The summed E-state index contributed by atoms with van der Waals surface area (Å²) in [6, 6.07) is 8.30. The number of carbonyl (C=O) groups is 1. The number of rotatable bonds is 6. The van der Waals surface area contributed by atoms with E-state index in [9.17, 15) is 4.79 Å². The van der Waals surface area contributed by atoms with E-state index in [1.807, 2.05) is 17.0 Å². The third kappa shape index (κ3) is 3.31. The maximum Gasteiger partial charge on any atom is 0.228 e. The molecule has 0 spiro atoms. The van der Waals surface area contributed by atoms with E-state index in [1.165, 1.54) is 5.56 Å². The van der Waals surface area contributed by atoms with E-state index in [1.54, 1.807) is 7.11 Å². The van der Waals surface area contributed by atoms with Crippen molar-refractivity contribution in [2.75, 3.05) is 26.7 Å². The molecule has 1 aromatic carbocycles. The van der Waals surface area contributed by atoms with Crippen molar-refractivity contribution in [2.45, 2.75) is 26.3 Å². The van der Waals surface area contributed by atoms with Gasteiger partial charge in [-0.3, -0.25) is 4.79 Å². The van der Waals surface area contributed by atoms with Crippen molar-refractivity contribution < 1.29 is 9.53 Å². The van der Waals surface area contributed by atoms with Crippen molar-refractivity contribution >= 4 is 5.91 Å². The van der Waals surface area contributed by atoms with Gasteiger partial charge in [0.1, 0.15) is 5.75 Å². The van der Waals surface area contributed by atoms with Crippen LogP contribution in [0.4, 0.5) is 0 Å². The van der Waals surface area contributed by atoms with Crippen LogP contribution >= 0.6 is 0 Å². The second kappa shape index (κ2) is 6.75. The Morgan fingerprint density at radius 2 is 2.05 bits per heavy atom. The van der Waals surface area contributed by atoms with Crippen LogP contribution in [0, 0.1) is 5.92 Å². The lowest BCUT2D eigenvalue weighted by molar-refractivity contribution is -0.138. The van der Waals surface area contributed by atoms with Crippen LogP contribution in [-0.2, 0) is 11.2 Å². The van der Waals surface area contributed by atoms with Gasteiger partial charge in [0.15, 0.2) is 0 Å². The molecule has 1 aliphatic heterocycles. The second-order valence-electron chi connectivity index (χ2n) is 5.38. The monoisotopic (exact) mass is 276 g/mol. The van der Waals surface area contributed by atoms with Gasteiger partial charge in [-0.25, -0.2) is 0 Å². The Morgan fingerprint density at radius 1 is 1.40 bits per heavy atom. The summed E-state index contributed by atoms with van der Waals surface area (Å²) in [7, 11) is 1.67. The minimum atomic E-state index is 0.174. The molecule has 1 heterocycles. The lowest BCUT2D eigenvalue weighted by Gasteiger charge is -2.35. The third-order valence-electron chi connectivity index (χ3n) is 3.98. The summed E-state index contributed by atoms with van der Waals surface area (Å²) in [5.74, 6) is 1.32. The zero-order valence-electron chi connectivity index (χ0n) is 12.6. The highest BCUT2D eigenvalue weighted by Gasteiger charge is 2.30. The standard InChI is InChI=1S/C16H24N2O2/c1-4-18(16(19)14-10-17-11-14)12(2)9-13-5-7-15(20-3)8-6-13/h5-8,12,14,17H,4,9-11H2,1-3H3. The Bertz CT molecular complexity index is 440. The van der Waals surface area contributed by atoms with Crippen molar-refractivity contribution in [3.05, 3.63) is 29.8 Å². The molecule has 1 unspecified atom stereocenters. The van der Waals surface area contributed by atoms with Gasteiger partial charge in [-0.05, 0) is 38.0 Å². The van der Waals surface area contributed by atoms with Crippen LogP contribution in [0.2, 0.25) is 0 Å². The molecular formula is C16H24N2O2. The first-order valence-corrected chi connectivity index (χ1v) is 7.29. The fourth-order valence-corrected chi connectivity index (χ4v) is 2.60. The molecule has 2 rings (SSSR count).